The van der Waals surface area contributed by atoms with E-state index in [0.717, 1.165) is 25.1 Å². The molecule has 1 aromatic carbocycles. The van der Waals surface area contributed by atoms with Gasteiger partial charge >= 0.3 is 0 Å². The molecule has 2 N–H and O–H groups in total. The molecule has 0 bridgehead atoms. The highest BCUT2D eigenvalue weighted by atomic mass is 35.5. The zero-order valence-electron chi connectivity index (χ0n) is 11.9. The van der Waals surface area contributed by atoms with Crippen molar-refractivity contribution in [1.29, 1.82) is 0 Å². The molecule has 2 aromatic rings. The summed E-state index contributed by atoms with van der Waals surface area (Å²) in [5.41, 5.74) is 7.50. The van der Waals surface area contributed by atoms with Crippen LogP contribution in [0.5, 0.6) is 0 Å². The van der Waals surface area contributed by atoms with Gasteiger partial charge in [0.2, 0.25) is 0 Å². The van der Waals surface area contributed by atoms with Gasteiger partial charge in [-0.15, -0.1) is 5.10 Å². The molecule has 21 heavy (non-hydrogen) atoms. The molecule has 1 aliphatic rings. The molecule has 0 amide bonds. The molecule has 0 unspecified atom stereocenters. The van der Waals surface area contributed by atoms with Gasteiger partial charge in [0.15, 0.2) is 5.82 Å². The number of benzene rings is 1. The van der Waals surface area contributed by atoms with Crippen LogP contribution in [0.2, 0.25) is 5.02 Å². The molecular weight excluding hydrogens is 290 g/mol. The Morgan fingerprint density at radius 3 is 2.95 bits per heavy atom. The third-order valence-corrected chi connectivity index (χ3v) is 4.37. The fraction of sp³-hybridized carbons (Fsp3) is 0.500. The van der Waals surface area contributed by atoms with E-state index >= 15 is 0 Å². The van der Waals surface area contributed by atoms with Crippen molar-refractivity contribution in [1.82, 2.24) is 20.2 Å². The van der Waals surface area contributed by atoms with E-state index in [1.54, 1.807) is 25.3 Å². The maximum Gasteiger partial charge on any atom is 0.183 e. The number of tetrazole rings is 1. The summed E-state index contributed by atoms with van der Waals surface area (Å²) in [4.78, 5) is 0. The van der Waals surface area contributed by atoms with Crippen LogP contribution < -0.4 is 5.73 Å². The van der Waals surface area contributed by atoms with Crippen molar-refractivity contribution in [2.24, 2.45) is 5.41 Å². The first-order valence-electron chi connectivity index (χ1n) is 6.94. The Bertz CT molecular complexity index is 638. The van der Waals surface area contributed by atoms with Crippen molar-refractivity contribution in [3.8, 4) is 11.4 Å². The average Bonchev–Trinajstić information content (AvgIpc) is 3.08. The Morgan fingerprint density at radius 1 is 1.43 bits per heavy atom. The SMILES string of the molecule is COCCC1(Cn2nnnc2-c2cc(N)ccc2Cl)CC1. The Kier molecular flexibility index (Phi) is 3.82. The molecule has 1 fully saturated rings. The smallest absolute Gasteiger partial charge is 0.183 e. The highest BCUT2D eigenvalue weighted by Gasteiger charge is 2.43. The van der Waals surface area contributed by atoms with Crippen LogP contribution in [-0.2, 0) is 11.3 Å². The number of methoxy groups -OCH3 is 1. The summed E-state index contributed by atoms with van der Waals surface area (Å²) in [5.74, 6) is 0.663. The Balaban J connectivity index is 1.86. The van der Waals surface area contributed by atoms with E-state index in [4.69, 9.17) is 22.1 Å². The summed E-state index contributed by atoms with van der Waals surface area (Å²) >= 11 is 6.25. The molecule has 0 aliphatic heterocycles. The first-order chi connectivity index (χ1) is 10.1. The second-order valence-corrected chi connectivity index (χ2v) is 6.05. The largest absolute Gasteiger partial charge is 0.399 e. The number of ether oxygens (including phenoxy) is 1. The number of nitrogen functional groups attached to an aromatic ring is 1. The van der Waals surface area contributed by atoms with Crippen LogP contribution in [0.15, 0.2) is 18.2 Å². The predicted molar refractivity (Wildman–Crippen MR) is 80.8 cm³/mol. The summed E-state index contributed by atoms with van der Waals surface area (Å²) in [5, 5.41) is 12.6. The molecule has 0 radical (unpaired) electrons. The summed E-state index contributed by atoms with van der Waals surface area (Å²) in [6.45, 7) is 1.54. The van der Waals surface area contributed by atoms with E-state index in [2.05, 4.69) is 15.5 Å². The number of nitrogens with two attached hydrogens (primary N) is 1. The van der Waals surface area contributed by atoms with Crippen molar-refractivity contribution >= 4 is 17.3 Å². The van der Waals surface area contributed by atoms with Crippen LogP contribution in [0.3, 0.4) is 0 Å². The van der Waals surface area contributed by atoms with E-state index in [1.807, 2.05) is 4.68 Å². The molecule has 1 aliphatic carbocycles. The van der Waals surface area contributed by atoms with Gasteiger partial charge in [-0.3, -0.25) is 0 Å². The number of rotatable bonds is 6. The molecule has 1 saturated carbocycles. The lowest BCUT2D eigenvalue weighted by Crippen LogP contribution is -2.16. The zero-order chi connectivity index (χ0) is 14.9. The van der Waals surface area contributed by atoms with Gasteiger partial charge in [-0.1, -0.05) is 11.6 Å². The average molecular weight is 308 g/mol. The molecule has 7 heteroatoms. The number of hydrogen-bond acceptors (Lipinski definition) is 5. The maximum atomic E-state index is 6.25. The van der Waals surface area contributed by atoms with Crippen LogP contribution >= 0.6 is 11.6 Å². The lowest BCUT2D eigenvalue weighted by molar-refractivity contribution is 0.165. The molecule has 3 rings (SSSR count). The first-order valence-corrected chi connectivity index (χ1v) is 7.32. The van der Waals surface area contributed by atoms with Crippen LogP contribution in [0, 0.1) is 5.41 Å². The van der Waals surface area contributed by atoms with Crippen molar-refractivity contribution in [3.63, 3.8) is 0 Å². The molecular formula is C14H18ClN5O. The normalized spacial score (nSPS) is 16.1. The molecule has 0 saturated heterocycles. The number of hydrogen-bond donors (Lipinski definition) is 1. The Labute approximate surface area is 128 Å². The van der Waals surface area contributed by atoms with Crippen LogP contribution in [-0.4, -0.2) is 33.9 Å². The van der Waals surface area contributed by atoms with Crippen LogP contribution in [0.25, 0.3) is 11.4 Å². The summed E-state index contributed by atoms with van der Waals surface area (Å²) in [6.07, 6.45) is 3.38. The minimum absolute atomic E-state index is 0.257. The van der Waals surface area contributed by atoms with Crippen molar-refractivity contribution in [2.45, 2.75) is 25.8 Å². The van der Waals surface area contributed by atoms with Crippen LogP contribution in [0.1, 0.15) is 19.3 Å². The fourth-order valence-electron chi connectivity index (χ4n) is 2.52. The zero-order valence-corrected chi connectivity index (χ0v) is 12.7. The highest BCUT2D eigenvalue weighted by Crippen LogP contribution is 2.50. The second kappa shape index (κ2) is 5.61. The molecule has 112 valence electrons. The lowest BCUT2D eigenvalue weighted by Gasteiger charge is -2.15. The van der Waals surface area contributed by atoms with E-state index in [0.29, 0.717) is 16.5 Å². The summed E-state index contributed by atoms with van der Waals surface area (Å²) in [7, 11) is 1.73. The van der Waals surface area contributed by atoms with Crippen molar-refractivity contribution < 1.29 is 4.74 Å². The quantitative estimate of drug-likeness (QED) is 0.829. The first kappa shape index (κ1) is 14.3. The Hall–Kier alpha value is -1.66. The third-order valence-electron chi connectivity index (χ3n) is 4.04. The lowest BCUT2D eigenvalue weighted by atomic mass is 10.0. The van der Waals surface area contributed by atoms with Gasteiger partial charge in [0.1, 0.15) is 0 Å². The minimum Gasteiger partial charge on any atom is -0.399 e. The number of halogens is 1. The number of aromatic nitrogens is 4. The van der Waals surface area contributed by atoms with Gasteiger partial charge in [0.25, 0.3) is 0 Å². The summed E-state index contributed by atoms with van der Waals surface area (Å²) < 4.78 is 7.01. The van der Waals surface area contributed by atoms with Gasteiger partial charge in [0, 0.05) is 25.0 Å². The van der Waals surface area contributed by atoms with Crippen molar-refractivity contribution in [3.05, 3.63) is 23.2 Å². The third kappa shape index (κ3) is 3.01. The monoisotopic (exact) mass is 307 g/mol. The van der Waals surface area contributed by atoms with Gasteiger partial charge in [-0.2, -0.15) is 0 Å². The molecule has 0 atom stereocenters. The second-order valence-electron chi connectivity index (χ2n) is 5.64. The van der Waals surface area contributed by atoms with E-state index in [9.17, 15) is 0 Å². The molecule has 6 nitrogen and oxygen atoms in total. The number of nitrogens with zero attached hydrogens (tertiary/aromatic N) is 4. The predicted octanol–water partition coefficient (Wildman–Crippen LogP) is 2.39. The van der Waals surface area contributed by atoms with Gasteiger partial charge in [-0.05, 0) is 53.3 Å². The maximum absolute atomic E-state index is 6.25. The summed E-state index contributed by atoms with van der Waals surface area (Å²) in [6, 6.07) is 5.34. The van der Waals surface area contributed by atoms with E-state index in [1.165, 1.54) is 12.8 Å². The van der Waals surface area contributed by atoms with Crippen LogP contribution in [0.4, 0.5) is 5.69 Å². The van der Waals surface area contributed by atoms with E-state index in [-0.39, 0.29) is 5.41 Å². The van der Waals surface area contributed by atoms with E-state index < -0.39 is 0 Å². The minimum atomic E-state index is 0.257. The molecule has 1 aromatic heterocycles. The Morgan fingerprint density at radius 2 is 2.24 bits per heavy atom. The molecule has 1 heterocycles. The van der Waals surface area contributed by atoms with Gasteiger partial charge in [0.05, 0.1) is 11.6 Å². The van der Waals surface area contributed by atoms with Crippen molar-refractivity contribution in [2.75, 3.05) is 19.5 Å². The fourth-order valence-corrected chi connectivity index (χ4v) is 2.72. The standard InChI is InChI=1S/C14H18ClN5O/c1-21-7-6-14(4-5-14)9-20-13(17-18-19-20)11-8-10(16)2-3-12(11)15/h2-3,8H,4-7,9,16H2,1H3. The van der Waals surface area contributed by atoms with Gasteiger partial charge in [-0.25, -0.2) is 4.68 Å². The van der Waals surface area contributed by atoms with Gasteiger partial charge < -0.3 is 10.5 Å². The highest BCUT2D eigenvalue weighted by molar-refractivity contribution is 6.33. The molecule has 0 spiro atoms. The topological polar surface area (TPSA) is 78.8 Å². The number of anilines is 1.